The third-order valence-electron chi connectivity index (χ3n) is 8.11. The van der Waals surface area contributed by atoms with Crippen LogP contribution in [0.1, 0.15) is 91.7 Å². The van der Waals surface area contributed by atoms with Crippen molar-refractivity contribution in [2.24, 2.45) is 5.41 Å². The molecule has 0 spiro atoms. The fraction of sp³-hybridized carbons (Fsp3) is 0.593. The highest BCUT2D eigenvalue weighted by Gasteiger charge is 2.46. The van der Waals surface area contributed by atoms with Crippen LogP contribution in [-0.2, 0) is 15.7 Å². The lowest BCUT2D eigenvalue weighted by Crippen LogP contribution is -2.50. The SMILES string of the molecule is CC1(C)CCC(N(CC(=O)c2c(Cl)cncc2Cl)C(=O)c2cnn(C3CCC(C)(C(=O)O)CC3)c2C(F)(F)F)CO1. The highest BCUT2D eigenvalue weighted by molar-refractivity contribution is 6.39. The molecule has 0 radical (unpaired) electrons. The standard InChI is InChI=1S/C27H31Cl2F3N4O5/c1-25(2)7-4-16(14-41-25)35(13-20(37)21-18(28)11-33-12-19(21)29)23(38)17-10-34-36(22(17)27(30,31)32)15-5-8-26(3,9-6-15)24(39)40/h10-12,15-16H,4-9,13-14H2,1-3H3,(H,39,40). The van der Waals surface area contributed by atoms with Crippen molar-refractivity contribution in [3.63, 3.8) is 0 Å². The molecule has 1 amide bonds. The first-order valence-corrected chi connectivity index (χ1v) is 13.9. The van der Waals surface area contributed by atoms with Crippen LogP contribution in [0.25, 0.3) is 0 Å². The van der Waals surface area contributed by atoms with Crippen molar-refractivity contribution in [2.45, 2.75) is 83.2 Å². The van der Waals surface area contributed by atoms with Gasteiger partial charge in [-0.2, -0.15) is 18.3 Å². The van der Waals surface area contributed by atoms with E-state index >= 15 is 0 Å². The molecule has 1 saturated heterocycles. The highest BCUT2D eigenvalue weighted by atomic mass is 35.5. The molecule has 1 N–H and O–H groups in total. The van der Waals surface area contributed by atoms with Crippen LogP contribution in [0.15, 0.2) is 18.6 Å². The van der Waals surface area contributed by atoms with E-state index in [2.05, 4.69) is 10.1 Å². The summed E-state index contributed by atoms with van der Waals surface area (Å²) in [5, 5.41) is 13.4. The summed E-state index contributed by atoms with van der Waals surface area (Å²) in [5.74, 6) is -2.70. The normalized spacial score (nSPS) is 24.6. The molecular formula is C27H31Cl2F3N4O5. The molecular weight excluding hydrogens is 588 g/mol. The number of carbonyl (C=O) groups excluding carboxylic acids is 2. The molecule has 2 aromatic heterocycles. The van der Waals surface area contributed by atoms with Gasteiger partial charge in [-0.3, -0.25) is 24.0 Å². The average molecular weight is 619 g/mol. The molecule has 1 saturated carbocycles. The number of aliphatic carboxylic acids is 1. The van der Waals surface area contributed by atoms with Crippen LogP contribution >= 0.6 is 23.2 Å². The van der Waals surface area contributed by atoms with E-state index < -0.39 is 64.7 Å². The van der Waals surface area contributed by atoms with Gasteiger partial charge in [0.2, 0.25) is 0 Å². The number of pyridine rings is 1. The Morgan fingerprint density at radius 3 is 2.20 bits per heavy atom. The summed E-state index contributed by atoms with van der Waals surface area (Å²) in [5.41, 5.74) is -3.56. The number of amides is 1. The molecule has 1 unspecified atom stereocenters. The lowest BCUT2D eigenvalue weighted by atomic mass is 9.74. The maximum Gasteiger partial charge on any atom is 0.433 e. The van der Waals surface area contributed by atoms with Crippen LogP contribution in [0.3, 0.4) is 0 Å². The van der Waals surface area contributed by atoms with Gasteiger partial charge in [0.1, 0.15) is 0 Å². The molecule has 0 bridgehead atoms. The van der Waals surface area contributed by atoms with E-state index in [9.17, 15) is 32.7 Å². The largest absolute Gasteiger partial charge is 0.481 e. The van der Waals surface area contributed by atoms with Crippen LogP contribution in [-0.4, -0.2) is 67.2 Å². The molecule has 2 fully saturated rings. The van der Waals surface area contributed by atoms with E-state index in [-0.39, 0.29) is 47.9 Å². The van der Waals surface area contributed by atoms with Gasteiger partial charge in [-0.15, -0.1) is 0 Å². The summed E-state index contributed by atoms with van der Waals surface area (Å²) in [6.07, 6.45) is -0.150. The molecule has 3 heterocycles. The third-order valence-corrected chi connectivity index (χ3v) is 8.68. The van der Waals surface area contributed by atoms with E-state index in [1.54, 1.807) is 6.92 Å². The van der Waals surface area contributed by atoms with E-state index in [0.29, 0.717) is 12.8 Å². The summed E-state index contributed by atoms with van der Waals surface area (Å²) in [4.78, 5) is 43.8. The molecule has 41 heavy (non-hydrogen) atoms. The summed E-state index contributed by atoms with van der Waals surface area (Å²) < 4.78 is 50.2. The zero-order valence-electron chi connectivity index (χ0n) is 22.8. The Morgan fingerprint density at radius 2 is 1.68 bits per heavy atom. The Kier molecular flexibility index (Phi) is 8.78. The number of rotatable bonds is 7. The smallest absolute Gasteiger partial charge is 0.433 e. The number of carboxylic acids is 1. The minimum atomic E-state index is -4.95. The number of halogens is 5. The quantitative estimate of drug-likeness (QED) is 0.373. The van der Waals surface area contributed by atoms with E-state index in [1.165, 1.54) is 12.4 Å². The van der Waals surface area contributed by atoms with Crippen molar-refractivity contribution in [3.05, 3.63) is 45.5 Å². The molecule has 2 aromatic rings. The van der Waals surface area contributed by atoms with Crippen molar-refractivity contribution in [2.75, 3.05) is 13.2 Å². The second kappa shape index (κ2) is 11.5. The van der Waals surface area contributed by atoms with Gasteiger partial charge in [-0.1, -0.05) is 23.2 Å². The topological polar surface area (TPSA) is 115 Å². The fourth-order valence-corrected chi connectivity index (χ4v) is 6.02. The molecule has 1 atom stereocenters. The van der Waals surface area contributed by atoms with Crippen molar-refractivity contribution in [1.82, 2.24) is 19.7 Å². The summed E-state index contributed by atoms with van der Waals surface area (Å²) >= 11 is 12.3. The van der Waals surface area contributed by atoms with E-state index in [4.69, 9.17) is 27.9 Å². The van der Waals surface area contributed by atoms with Crippen LogP contribution in [0.4, 0.5) is 13.2 Å². The van der Waals surface area contributed by atoms with E-state index in [0.717, 1.165) is 15.8 Å². The second-order valence-electron chi connectivity index (χ2n) is 11.5. The summed E-state index contributed by atoms with van der Waals surface area (Å²) in [7, 11) is 0. The van der Waals surface area contributed by atoms with Crippen LogP contribution in [0.5, 0.6) is 0 Å². The van der Waals surface area contributed by atoms with Crippen molar-refractivity contribution in [3.8, 4) is 0 Å². The lowest BCUT2D eigenvalue weighted by Gasteiger charge is -2.40. The van der Waals surface area contributed by atoms with Crippen LogP contribution < -0.4 is 0 Å². The predicted molar refractivity (Wildman–Crippen MR) is 143 cm³/mol. The number of alkyl halides is 3. The first kappa shape index (κ1) is 31.2. The maximum absolute atomic E-state index is 14.5. The minimum Gasteiger partial charge on any atom is -0.481 e. The monoisotopic (exact) mass is 618 g/mol. The second-order valence-corrected chi connectivity index (χ2v) is 12.4. The molecule has 9 nitrogen and oxygen atoms in total. The molecule has 1 aliphatic heterocycles. The zero-order chi connectivity index (χ0) is 30.3. The first-order valence-electron chi connectivity index (χ1n) is 13.2. The van der Waals surface area contributed by atoms with Gasteiger partial charge < -0.3 is 14.7 Å². The number of ketones is 1. The van der Waals surface area contributed by atoms with Crippen LogP contribution in [0, 0.1) is 5.41 Å². The highest BCUT2D eigenvalue weighted by Crippen LogP contribution is 2.43. The van der Waals surface area contributed by atoms with Gasteiger partial charge >= 0.3 is 12.1 Å². The Morgan fingerprint density at radius 1 is 1.07 bits per heavy atom. The van der Waals surface area contributed by atoms with Crippen LogP contribution in [0.2, 0.25) is 10.0 Å². The number of Topliss-reactive ketones (excluding diaryl/α,β-unsaturated/α-hetero) is 1. The number of ether oxygens (including phenoxy) is 1. The Balaban J connectivity index is 1.70. The zero-order valence-corrected chi connectivity index (χ0v) is 24.3. The predicted octanol–water partition coefficient (Wildman–Crippen LogP) is 6.09. The molecule has 2 aliphatic rings. The summed E-state index contributed by atoms with van der Waals surface area (Å²) in [6.45, 7) is 4.71. The molecule has 224 valence electrons. The summed E-state index contributed by atoms with van der Waals surface area (Å²) in [6, 6.07) is -1.45. The Labute approximate surface area is 244 Å². The number of carboxylic acid groups (broad SMARTS) is 1. The lowest BCUT2D eigenvalue weighted by molar-refractivity contribution is -0.152. The molecule has 1 aliphatic carbocycles. The third kappa shape index (κ3) is 6.54. The molecule has 0 aromatic carbocycles. The average Bonchev–Trinajstić information content (AvgIpc) is 3.33. The van der Waals surface area contributed by atoms with Gasteiger partial charge in [0.05, 0.1) is 63.6 Å². The molecule has 4 rings (SSSR count). The Bertz CT molecular complexity index is 1310. The van der Waals surface area contributed by atoms with Gasteiger partial charge in [0.15, 0.2) is 11.5 Å². The van der Waals surface area contributed by atoms with Crippen molar-refractivity contribution in [1.29, 1.82) is 0 Å². The van der Waals surface area contributed by atoms with Gasteiger partial charge in [0.25, 0.3) is 5.91 Å². The van der Waals surface area contributed by atoms with Crippen molar-refractivity contribution >= 4 is 40.9 Å². The maximum atomic E-state index is 14.5. The number of aromatic nitrogens is 3. The minimum absolute atomic E-state index is 0.00964. The number of hydrogen-bond acceptors (Lipinski definition) is 6. The first-order chi connectivity index (χ1) is 19.0. The number of carbonyl (C=O) groups is 3. The fourth-order valence-electron chi connectivity index (χ4n) is 5.45. The number of hydrogen-bond donors (Lipinski definition) is 1. The molecule has 14 heteroatoms. The van der Waals surface area contributed by atoms with E-state index in [1.807, 2.05) is 13.8 Å². The van der Waals surface area contributed by atoms with Gasteiger partial charge in [-0.05, 0) is 59.3 Å². The van der Waals surface area contributed by atoms with Crippen molar-refractivity contribution < 1.29 is 37.4 Å². The van der Waals surface area contributed by atoms with Gasteiger partial charge in [0, 0.05) is 12.4 Å². The van der Waals surface area contributed by atoms with Gasteiger partial charge in [-0.25, -0.2) is 0 Å². The number of nitrogens with zero attached hydrogens (tertiary/aromatic N) is 4. The Hall–Kier alpha value is -2.70.